The van der Waals surface area contributed by atoms with Crippen LogP contribution < -0.4 is 15.0 Å². The van der Waals surface area contributed by atoms with Gasteiger partial charge in [0.1, 0.15) is 17.9 Å². The molecule has 2 aromatic carbocycles. The van der Waals surface area contributed by atoms with Crippen LogP contribution in [-0.4, -0.2) is 96.2 Å². The lowest BCUT2D eigenvalue weighted by atomic mass is 9.47. The van der Waals surface area contributed by atoms with Crippen LogP contribution in [0.1, 0.15) is 30.9 Å². The number of esters is 1. The molecule has 4 aliphatic rings. The van der Waals surface area contributed by atoms with Crippen LogP contribution in [0.3, 0.4) is 0 Å². The van der Waals surface area contributed by atoms with Crippen molar-refractivity contribution in [3.8, 4) is 5.75 Å². The first-order chi connectivity index (χ1) is 21.6. The molecule has 1 saturated heterocycles. The van der Waals surface area contributed by atoms with Crippen LogP contribution in [-0.2, 0) is 26.2 Å². The number of benzene rings is 2. The van der Waals surface area contributed by atoms with Crippen molar-refractivity contribution in [2.45, 2.75) is 61.4 Å². The number of hydrogen-bond donors (Lipinski definition) is 4. The number of ether oxygens (including phenoxy) is 2. The number of carbonyl (C=O) groups excluding carboxylic acids is 2. The van der Waals surface area contributed by atoms with Gasteiger partial charge in [0.2, 0.25) is 0 Å². The van der Waals surface area contributed by atoms with Gasteiger partial charge in [-0.05, 0) is 58.6 Å². The minimum atomic E-state index is -2.30. The molecule has 1 aliphatic carbocycles. The van der Waals surface area contributed by atoms with Crippen LogP contribution in [0.25, 0.3) is 10.9 Å². The third-order valence-corrected chi connectivity index (χ3v) is 11.8. The number of anilines is 1. The first-order valence-corrected chi connectivity index (χ1v) is 16.2. The van der Waals surface area contributed by atoms with E-state index in [1.807, 2.05) is 67.6 Å². The molecule has 1 amide bonds. The standard InChI is InChI=1S/C34H39BrN4O6.ClH/c1-5-32-11-8-13-39-14-12-33(28(32)39)21-16-22(35)26(44-3)17-25(21)38(2)29(33)34(43,30(32)41)31(42)37-24(27(40)45-4)15-19-18-36-23-10-7-6-9-20(19)23;/h6-11,16-18,24,28-30,36,41,43H,5,12-15H2,1-4H3,(H,37,42);1H/t24?,28-,29+,30+,32+,33+,34?;/m0./s1. The van der Waals surface area contributed by atoms with Crippen molar-refractivity contribution in [2.75, 3.05) is 39.3 Å². The third-order valence-electron chi connectivity index (χ3n) is 11.2. The second-order valence-corrected chi connectivity index (χ2v) is 13.8. The number of nitrogens with zero attached hydrogens (tertiary/aromatic N) is 2. The molecular formula is C34H40BrClN4O6. The molecule has 0 bridgehead atoms. The van der Waals surface area contributed by atoms with Gasteiger partial charge in [-0.15, -0.1) is 12.4 Å². The molecule has 2 unspecified atom stereocenters. The predicted molar refractivity (Wildman–Crippen MR) is 181 cm³/mol. The maximum Gasteiger partial charge on any atom is 0.328 e. The summed E-state index contributed by atoms with van der Waals surface area (Å²) in [6.45, 7) is 3.48. The van der Waals surface area contributed by atoms with E-state index in [0.717, 1.165) is 45.3 Å². The van der Waals surface area contributed by atoms with E-state index in [1.165, 1.54) is 7.11 Å². The Kier molecular flexibility index (Phi) is 8.25. The van der Waals surface area contributed by atoms with Crippen LogP contribution in [0, 0.1) is 5.41 Å². The Hall–Kier alpha value is -3.09. The SMILES string of the molecule is CC[C@]12C=CCN3CC[C@@]4(c5cc(Br)c(OC)cc5N(C)[C@H]4C(O)(C(=O)NC(Cc4c[nH]c5ccccc45)C(=O)OC)[C@@H]1O)[C@@H]32.Cl. The number of H-pyrrole nitrogens is 1. The molecule has 7 rings (SSSR count). The van der Waals surface area contributed by atoms with Crippen molar-refractivity contribution < 1.29 is 29.3 Å². The van der Waals surface area contributed by atoms with Gasteiger partial charge in [0.25, 0.3) is 5.91 Å². The number of halogens is 2. The third kappa shape index (κ3) is 4.18. The summed E-state index contributed by atoms with van der Waals surface area (Å²) in [6.07, 6.45) is 5.72. The van der Waals surface area contributed by atoms with Gasteiger partial charge in [0.15, 0.2) is 5.60 Å². The zero-order valence-electron chi connectivity index (χ0n) is 26.2. The van der Waals surface area contributed by atoms with Crippen LogP contribution in [0.15, 0.2) is 59.2 Å². The Balaban J connectivity index is 0.00000372. The number of nitrogens with one attached hydrogen (secondary N) is 2. The number of aromatic nitrogens is 1. The van der Waals surface area contributed by atoms with Gasteiger partial charge in [-0.1, -0.05) is 37.3 Å². The Morgan fingerprint density at radius 2 is 1.98 bits per heavy atom. The highest BCUT2D eigenvalue weighted by atomic mass is 79.9. The Morgan fingerprint density at radius 3 is 2.70 bits per heavy atom. The van der Waals surface area contributed by atoms with Gasteiger partial charge >= 0.3 is 5.97 Å². The summed E-state index contributed by atoms with van der Waals surface area (Å²) in [5, 5.41) is 29.2. The number of hydrogen-bond acceptors (Lipinski definition) is 8. The zero-order chi connectivity index (χ0) is 31.9. The first-order valence-electron chi connectivity index (χ1n) is 15.4. The number of fused-ring (bicyclic) bond motifs is 2. The number of aliphatic hydroxyl groups excluding tert-OH is 1. The van der Waals surface area contributed by atoms with E-state index < -0.39 is 46.5 Å². The minimum absolute atomic E-state index is 0. The summed E-state index contributed by atoms with van der Waals surface area (Å²) < 4.78 is 11.6. The highest BCUT2D eigenvalue weighted by Gasteiger charge is 2.78. The Bertz CT molecular complexity index is 1730. The van der Waals surface area contributed by atoms with Crippen molar-refractivity contribution in [2.24, 2.45) is 5.41 Å². The van der Waals surface area contributed by atoms with Crippen LogP contribution in [0.2, 0.25) is 0 Å². The average Bonchev–Trinajstić information content (AvgIpc) is 3.72. The number of amides is 1. The fraction of sp³-hybridized carbons (Fsp3) is 0.471. The van der Waals surface area contributed by atoms with E-state index in [4.69, 9.17) is 9.47 Å². The summed E-state index contributed by atoms with van der Waals surface area (Å²) >= 11 is 3.69. The normalized spacial score (nSPS) is 31.5. The number of methoxy groups -OCH3 is 2. The lowest BCUT2D eigenvalue weighted by molar-refractivity contribution is -0.204. The van der Waals surface area contributed by atoms with E-state index in [2.05, 4.69) is 37.2 Å². The molecule has 1 spiro atoms. The molecule has 4 heterocycles. The summed E-state index contributed by atoms with van der Waals surface area (Å²) in [4.78, 5) is 35.5. The number of likely N-dealkylation sites (N-methyl/N-ethyl adjacent to an activating group) is 1. The fourth-order valence-electron chi connectivity index (χ4n) is 9.37. The molecule has 246 valence electrons. The second kappa shape index (κ2) is 11.6. The maximum absolute atomic E-state index is 14.8. The maximum atomic E-state index is 14.8. The van der Waals surface area contributed by atoms with Gasteiger partial charge < -0.3 is 34.9 Å². The lowest BCUT2D eigenvalue weighted by Gasteiger charge is -2.63. The average molecular weight is 716 g/mol. The quantitative estimate of drug-likeness (QED) is 0.217. The lowest BCUT2D eigenvalue weighted by Crippen LogP contribution is -2.82. The van der Waals surface area contributed by atoms with E-state index in [0.29, 0.717) is 18.6 Å². The minimum Gasteiger partial charge on any atom is -0.495 e. The van der Waals surface area contributed by atoms with Crippen molar-refractivity contribution in [1.29, 1.82) is 0 Å². The van der Waals surface area contributed by atoms with E-state index in [1.54, 1.807) is 7.11 Å². The summed E-state index contributed by atoms with van der Waals surface area (Å²) in [7, 11) is 4.74. The van der Waals surface area contributed by atoms with Crippen LogP contribution in [0.4, 0.5) is 5.69 Å². The molecule has 1 aromatic heterocycles. The Morgan fingerprint density at radius 1 is 1.22 bits per heavy atom. The summed E-state index contributed by atoms with van der Waals surface area (Å²) in [6, 6.07) is 9.60. The van der Waals surface area contributed by atoms with Crippen molar-refractivity contribution in [3.63, 3.8) is 0 Å². The molecule has 3 aliphatic heterocycles. The highest BCUT2D eigenvalue weighted by molar-refractivity contribution is 9.10. The number of carbonyl (C=O) groups is 2. The number of aromatic amines is 1. The molecular weight excluding hydrogens is 676 g/mol. The highest BCUT2D eigenvalue weighted by Crippen LogP contribution is 2.67. The van der Waals surface area contributed by atoms with Gasteiger partial charge in [-0.25, -0.2) is 4.79 Å². The van der Waals surface area contributed by atoms with Gasteiger partial charge in [-0.2, -0.15) is 0 Å². The molecule has 3 aromatic rings. The molecule has 7 atom stereocenters. The molecule has 4 N–H and O–H groups in total. The van der Waals surface area contributed by atoms with E-state index in [-0.39, 0.29) is 24.9 Å². The molecule has 12 heteroatoms. The molecule has 1 saturated carbocycles. The van der Waals surface area contributed by atoms with Crippen molar-refractivity contribution in [1.82, 2.24) is 15.2 Å². The van der Waals surface area contributed by atoms with Crippen molar-refractivity contribution in [3.05, 3.63) is 70.3 Å². The van der Waals surface area contributed by atoms with E-state index in [9.17, 15) is 19.8 Å². The van der Waals surface area contributed by atoms with Gasteiger partial charge in [-0.3, -0.25) is 9.69 Å². The monoisotopic (exact) mass is 714 g/mol. The fourth-order valence-corrected chi connectivity index (χ4v) is 9.87. The molecule has 2 fully saturated rings. The summed E-state index contributed by atoms with van der Waals surface area (Å²) in [5.74, 6) is -0.806. The number of aliphatic hydroxyl groups is 2. The summed E-state index contributed by atoms with van der Waals surface area (Å²) in [5.41, 5.74) is -0.363. The first kappa shape index (κ1) is 32.8. The smallest absolute Gasteiger partial charge is 0.328 e. The van der Waals surface area contributed by atoms with Crippen LogP contribution in [0.5, 0.6) is 5.75 Å². The molecule has 10 nitrogen and oxygen atoms in total. The number of para-hydroxylation sites is 1. The van der Waals surface area contributed by atoms with Gasteiger partial charge in [0, 0.05) is 65.7 Å². The van der Waals surface area contributed by atoms with Crippen LogP contribution >= 0.6 is 28.3 Å². The van der Waals surface area contributed by atoms with Gasteiger partial charge in [0.05, 0.1) is 24.7 Å². The van der Waals surface area contributed by atoms with E-state index >= 15 is 0 Å². The number of rotatable bonds is 7. The molecule has 46 heavy (non-hydrogen) atoms. The second-order valence-electron chi connectivity index (χ2n) is 12.9. The zero-order valence-corrected chi connectivity index (χ0v) is 28.7. The Labute approximate surface area is 282 Å². The predicted octanol–water partition coefficient (Wildman–Crippen LogP) is 3.46. The van der Waals surface area contributed by atoms with Crippen molar-refractivity contribution >= 4 is 56.8 Å². The largest absolute Gasteiger partial charge is 0.495 e. The topological polar surface area (TPSA) is 127 Å². The molecule has 0 radical (unpaired) electrons.